The van der Waals surface area contributed by atoms with Gasteiger partial charge in [0.2, 0.25) is 0 Å². The Morgan fingerprint density at radius 3 is 2.62 bits per heavy atom. The third-order valence-corrected chi connectivity index (χ3v) is 5.75. The van der Waals surface area contributed by atoms with E-state index in [9.17, 15) is 0 Å². The molecule has 1 nitrogen and oxygen atoms in total. The lowest BCUT2D eigenvalue weighted by atomic mass is 10.0. The summed E-state index contributed by atoms with van der Waals surface area (Å²) in [5.41, 5.74) is 4.25. The number of benzene rings is 2. The summed E-state index contributed by atoms with van der Waals surface area (Å²) in [6.07, 6.45) is 2.17. The molecule has 0 saturated heterocycles. The van der Waals surface area contributed by atoms with E-state index in [0.29, 0.717) is 5.25 Å². The van der Waals surface area contributed by atoms with Crippen molar-refractivity contribution < 1.29 is 0 Å². The molecule has 0 spiro atoms. The molecule has 1 N–H and O–H groups in total. The van der Waals surface area contributed by atoms with E-state index in [0.717, 1.165) is 31.0 Å². The molecule has 0 aromatic heterocycles. The zero-order valence-corrected chi connectivity index (χ0v) is 13.8. The Balaban J connectivity index is 1.91. The van der Waals surface area contributed by atoms with E-state index in [1.54, 1.807) is 0 Å². The van der Waals surface area contributed by atoms with Crippen LogP contribution in [0.4, 0.5) is 0 Å². The van der Waals surface area contributed by atoms with Crippen LogP contribution in [-0.4, -0.2) is 13.1 Å². The third-order valence-electron chi connectivity index (χ3n) is 4.00. The van der Waals surface area contributed by atoms with Crippen LogP contribution in [0.15, 0.2) is 47.4 Å². The predicted molar refractivity (Wildman–Crippen MR) is 92.4 cm³/mol. The first-order valence-electron chi connectivity index (χ1n) is 7.48. The molecule has 21 heavy (non-hydrogen) atoms. The van der Waals surface area contributed by atoms with Crippen LogP contribution in [0.5, 0.6) is 0 Å². The Bertz CT molecular complexity index is 612. The Morgan fingerprint density at radius 1 is 1.05 bits per heavy atom. The van der Waals surface area contributed by atoms with Crippen molar-refractivity contribution in [1.29, 1.82) is 0 Å². The predicted octanol–water partition coefficient (Wildman–Crippen LogP) is 4.88. The van der Waals surface area contributed by atoms with E-state index >= 15 is 0 Å². The van der Waals surface area contributed by atoms with Crippen molar-refractivity contribution in [3.63, 3.8) is 0 Å². The molecule has 1 aliphatic heterocycles. The van der Waals surface area contributed by atoms with Gasteiger partial charge in [-0.05, 0) is 55.6 Å². The molecule has 3 heteroatoms. The van der Waals surface area contributed by atoms with Crippen molar-refractivity contribution in [2.45, 2.75) is 29.9 Å². The van der Waals surface area contributed by atoms with Crippen LogP contribution in [0.2, 0.25) is 5.02 Å². The van der Waals surface area contributed by atoms with Crippen LogP contribution in [-0.2, 0) is 12.8 Å². The largest absolute Gasteiger partial charge is 0.316 e. The fraction of sp³-hybridized carbons (Fsp3) is 0.333. The van der Waals surface area contributed by atoms with Gasteiger partial charge in [-0.1, -0.05) is 48.0 Å². The molecule has 1 atom stereocenters. The Kier molecular flexibility index (Phi) is 4.89. The number of fused-ring (bicyclic) bond motifs is 1. The van der Waals surface area contributed by atoms with Crippen LogP contribution < -0.4 is 5.32 Å². The summed E-state index contributed by atoms with van der Waals surface area (Å²) in [5.74, 6) is 0. The summed E-state index contributed by atoms with van der Waals surface area (Å²) >= 11 is 8.39. The van der Waals surface area contributed by atoms with Crippen LogP contribution >= 0.6 is 23.4 Å². The first-order valence-corrected chi connectivity index (χ1v) is 8.74. The van der Waals surface area contributed by atoms with Gasteiger partial charge in [0.1, 0.15) is 0 Å². The van der Waals surface area contributed by atoms with Crippen molar-refractivity contribution in [3.8, 4) is 0 Å². The lowest BCUT2D eigenvalue weighted by Crippen LogP contribution is -2.16. The lowest BCUT2D eigenvalue weighted by Gasteiger charge is -2.18. The van der Waals surface area contributed by atoms with E-state index in [1.807, 2.05) is 11.8 Å². The van der Waals surface area contributed by atoms with Gasteiger partial charge in [0.05, 0.1) is 5.02 Å². The average molecular weight is 318 g/mol. The summed E-state index contributed by atoms with van der Waals surface area (Å²) in [7, 11) is 0. The number of halogens is 1. The molecule has 110 valence electrons. The van der Waals surface area contributed by atoms with Crippen LogP contribution in [0.25, 0.3) is 0 Å². The van der Waals surface area contributed by atoms with Gasteiger partial charge in [-0.2, -0.15) is 0 Å². The fourth-order valence-electron chi connectivity index (χ4n) is 2.81. The molecule has 0 saturated carbocycles. The zero-order valence-electron chi connectivity index (χ0n) is 12.2. The Labute approximate surface area is 136 Å². The first-order chi connectivity index (χ1) is 10.3. The molecule has 2 aromatic rings. The van der Waals surface area contributed by atoms with Crippen molar-refractivity contribution in [2.75, 3.05) is 13.1 Å². The highest BCUT2D eigenvalue weighted by molar-refractivity contribution is 7.99. The molecule has 3 rings (SSSR count). The van der Waals surface area contributed by atoms with Gasteiger partial charge >= 0.3 is 0 Å². The molecule has 2 aromatic carbocycles. The van der Waals surface area contributed by atoms with Crippen molar-refractivity contribution in [1.82, 2.24) is 5.32 Å². The second-order valence-corrected chi connectivity index (χ2v) is 7.19. The highest BCUT2D eigenvalue weighted by Gasteiger charge is 2.18. The molecule has 0 aliphatic carbocycles. The van der Waals surface area contributed by atoms with E-state index < -0.39 is 0 Å². The highest BCUT2D eigenvalue weighted by atomic mass is 35.5. The van der Waals surface area contributed by atoms with Crippen molar-refractivity contribution in [2.24, 2.45) is 0 Å². The summed E-state index contributed by atoms with van der Waals surface area (Å²) in [6.45, 7) is 4.36. The lowest BCUT2D eigenvalue weighted by molar-refractivity contribution is 0.709. The highest BCUT2D eigenvalue weighted by Crippen LogP contribution is 2.42. The maximum absolute atomic E-state index is 6.50. The van der Waals surface area contributed by atoms with Crippen LogP contribution in [0.1, 0.15) is 28.9 Å². The number of rotatable bonds is 3. The third kappa shape index (κ3) is 3.45. The maximum atomic E-state index is 6.50. The van der Waals surface area contributed by atoms with Gasteiger partial charge in [-0.15, -0.1) is 11.8 Å². The summed E-state index contributed by atoms with van der Waals surface area (Å²) in [4.78, 5) is 1.27. The van der Waals surface area contributed by atoms with Gasteiger partial charge in [0.15, 0.2) is 0 Å². The van der Waals surface area contributed by atoms with Crippen LogP contribution in [0.3, 0.4) is 0 Å². The molecular formula is C18H20ClNS. The Hall–Kier alpha value is -0.960. The van der Waals surface area contributed by atoms with E-state index in [-0.39, 0.29) is 0 Å². The monoisotopic (exact) mass is 317 g/mol. The number of nitrogens with one attached hydrogen (secondary N) is 1. The second-order valence-electron chi connectivity index (χ2n) is 5.43. The van der Waals surface area contributed by atoms with E-state index in [2.05, 4.69) is 54.7 Å². The minimum Gasteiger partial charge on any atom is -0.316 e. The van der Waals surface area contributed by atoms with Gasteiger partial charge in [0, 0.05) is 10.1 Å². The molecule has 0 radical (unpaired) electrons. The van der Waals surface area contributed by atoms with Crippen LogP contribution in [0, 0.1) is 0 Å². The standard InChI is InChI=1S/C18H20ClNS/c1-13(14-5-3-2-4-6-14)21-18-16-10-12-20-11-9-15(16)7-8-17(18)19/h2-8,13,20H,9-12H2,1H3/t13-/m0/s1. The van der Waals surface area contributed by atoms with Crippen molar-refractivity contribution >= 4 is 23.4 Å². The van der Waals surface area contributed by atoms with Crippen molar-refractivity contribution in [3.05, 3.63) is 64.2 Å². The topological polar surface area (TPSA) is 12.0 Å². The van der Waals surface area contributed by atoms with E-state index in [4.69, 9.17) is 11.6 Å². The minimum atomic E-state index is 0.409. The maximum Gasteiger partial charge on any atom is 0.0545 e. The fourth-order valence-corrected chi connectivity index (χ4v) is 4.32. The first kappa shape index (κ1) is 15.0. The van der Waals surface area contributed by atoms with Gasteiger partial charge in [-0.25, -0.2) is 0 Å². The molecule has 0 unspecified atom stereocenters. The molecule has 0 amide bonds. The molecular weight excluding hydrogens is 298 g/mol. The molecule has 0 bridgehead atoms. The minimum absolute atomic E-state index is 0.409. The normalized spacial score (nSPS) is 16.1. The second kappa shape index (κ2) is 6.87. The van der Waals surface area contributed by atoms with Gasteiger partial charge in [-0.3, -0.25) is 0 Å². The molecule has 0 fully saturated rings. The Morgan fingerprint density at radius 2 is 1.81 bits per heavy atom. The van der Waals surface area contributed by atoms with E-state index in [1.165, 1.54) is 21.6 Å². The number of thioether (sulfide) groups is 1. The van der Waals surface area contributed by atoms with Gasteiger partial charge in [0.25, 0.3) is 0 Å². The number of hydrogen-bond donors (Lipinski definition) is 1. The zero-order chi connectivity index (χ0) is 14.7. The summed E-state index contributed by atoms with van der Waals surface area (Å²) < 4.78 is 0. The summed E-state index contributed by atoms with van der Waals surface area (Å²) in [5, 5.41) is 4.77. The number of hydrogen-bond acceptors (Lipinski definition) is 2. The average Bonchev–Trinajstić information content (AvgIpc) is 2.76. The van der Waals surface area contributed by atoms with Gasteiger partial charge < -0.3 is 5.32 Å². The summed E-state index contributed by atoms with van der Waals surface area (Å²) in [6, 6.07) is 14.9. The molecule has 1 heterocycles. The quantitative estimate of drug-likeness (QED) is 0.810. The molecule has 1 aliphatic rings. The SMILES string of the molecule is C[C@H](Sc1c(Cl)ccc2c1CCNCC2)c1ccccc1. The smallest absolute Gasteiger partial charge is 0.0545 e.